The van der Waals surface area contributed by atoms with Gasteiger partial charge in [-0.15, -0.1) is 0 Å². The van der Waals surface area contributed by atoms with Crippen LogP contribution in [-0.2, 0) is 19.6 Å². The third-order valence-corrected chi connectivity index (χ3v) is 7.89. The molecule has 0 aromatic heterocycles. The first kappa shape index (κ1) is 24.7. The molecule has 0 radical (unpaired) electrons. The van der Waals surface area contributed by atoms with Gasteiger partial charge in [-0.1, -0.05) is 24.6 Å². The Morgan fingerprint density at radius 3 is 2.64 bits per heavy atom. The second-order valence-electron chi connectivity index (χ2n) is 8.26. The molecule has 33 heavy (non-hydrogen) atoms. The van der Waals surface area contributed by atoms with Gasteiger partial charge in [0.15, 0.2) is 0 Å². The fourth-order valence-electron chi connectivity index (χ4n) is 4.01. The molecule has 2 amide bonds. The zero-order valence-electron chi connectivity index (χ0n) is 19.3. The van der Waals surface area contributed by atoms with Crippen LogP contribution in [0, 0.1) is 13.8 Å². The van der Waals surface area contributed by atoms with Crippen LogP contribution < -0.4 is 15.4 Å². The van der Waals surface area contributed by atoms with E-state index in [0.29, 0.717) is 34.9 Å². The minimum absolute atomic E-state index is 0.202. The zero-order chi connectivity index (χ0) is 24.0. The summed E-state index contributed by atoms with van der Waals surface area (Å²) < 4.78 is 33.5. The molecule has 1 aliphatic heterocycles. The summed E-state index contributed by atoms with van der Waals surface area (Å²) in [5.41, 5.74) is 2.06. The summed E-state index contributed by atoms with van der Waals surface area (Å²) in [5, 5.41) is 5.14. The highest BCUT2D eigenvalue weighted by Gasteiger charge is 2.34. The number of sulfonamides is 1. The highest BCUT2D eigenvalue weighted by atomic mass is 32.2. The van der Waals surface area contributed by atoms with Crippen LogP contribution in [0.4, 0.5) is 5.69 Å². The lowest BCUT2D eigenvalue weighted by Gasteiger charge is -2.35. The fourth-order valence-corrected chi connectivity index (χ4v) is 6.05. The summed E-state index contributed by atoms with van der Waals surface area (Å²) in [6, 6.07) is 11.9. The van der Waals surface area contributed by atoms with Crippen LogP contribution >= 0.6 is 0 Å². The van der Waals surface area contributed by atoms with Crippen molar-refractivity contribution in [2.75, 3.05) is 25.5 Å². The molecule has 2 aromatic carbocycles. The number of aryl methyl sites for hydroxylation is 2. The number of hydrogen-bond donors (Lipinski definition) is 2. The maximum atomic E-state index is 13.4. The summed E-state index contributed by atoms with van der Waals surface area (Å²) in [6.07, 6.45) is 2.88. The number of carbonyl (C=O) groups excluding carboxylic acids is 2. The molecule has 1 atom stereocenters. The molecule has 0 saturated carbocycles. The quantitative estimate of drug-likeness (QED) is 0.602. The first-order valence-electron chi connectivity index (χ1n) is 11.0. The van der Waals surface area contributed by atoms with E-state index in [9.17, 15) is 18.0 Å². The fraction of sp³-hybridized carbons (Fsp3) is 0.417. The van der Waals surface area contributed by atoms with Crippen LogP contribution in [0.25, 0.3) is 0 Å². The third-order valence-electron chi connectivity index (χ3n) is 5.80. The number of hydrogen-bond acceptors (Lipinski definition) is 5. The van der Waals surface area contributed by atoms with E-state index in [1.165, 1.54) is 7.11 Å². The van der Waals surface area contributed by atoms with Gasteiger partial charge >= 0.3 is 11.8 Å². The molecule has 2 aromatic rings. The standard InChI is InChI=1S/C24H31N3O5S/c1-17-10-11-18(2)22(15-17)33(30,31)27-14-5-4-8-20(27)12-13-25-23(28)24(29)26-19-7-6-9-21(16-19)32-3/h6-7,9-11,15-16,20H,4-5,8,12-14H2,1-3H3,(H,25,28)(H,26,29)/t20-/m0/s1. The molecule has 1 saturated heterocycles. The molecule has 0 unspecified atom stereocenters. The van der Waals surface area contributed by atoms with Gasteiger partial charge in [0.25, 0.3) is 0 Å². The van der Waals surface area contributed by atoms with Gasteiger partial charge in [0.2, 0.25) is 10.0 Å². The normalized spacial score (nSPS) is 16.8. The average molecular weight is 474 g/mol. The molecule has 1 fully saturated rings. The molecule has 8 nitrogen and oxygen atoms in total. The zero-order valence-corrected chi connectivity index (χ0v) is 20.1. The molecule has 1 aliphatic rings. The van der Waals surface area contributed by atoms with Crippen molar-refractivity contribution in [3.8, 4) is 5.75 Å². The maximum Gasteiger partial charge on any atom is 0.313 e. The van der Waals surface area contributed by atoms with Crippen LogP contribution in [0.3, 0.4) is 0 Å². The van der Waals surface area contributed by atoms with Gasteiger partial charge in [-0.3, -0.25) is 9.59 Å². The monoisotopic (exact) mass is 473 g/mol. The average Bonchev–Trinajstić information content (AvgIpc) is 2.80. The van der Waals surface area contributed by atoms with E-state index in [1.807, 2.05) is 19.1 Å². The first-order chi connectivity index (χ1) is 15.7. The molecule has 9 heteroatoms. The summed E-state index contributed by atoms with van der Waals surface area (Å²) in [4.78, 5) is 24.8. The van der Waals surface area contributed by atoms with Gasteiger partial charge < -0.3 is 15.4 Å². The van der Waals surface area contributed by atoms with Gasteiger partial charge in [-0.25, -0.2) is 8.42 Å². The van der Waals surface area contributed by atoms with Gasteiger partial charge in [0, 0.05) is 30.9 Å². The number of nitrogens with one attached hydrogen (secondary N) is 2. The number of carbonyl (C=O) groups is 2. The molecule has 2 N–H and O–H groups in total. The molecule has 3 rings (SSSR count). The number of methoxy groups -OCH3 is 1. The van der Waals surface area contributed by atoms with E-state index in [4.69, 9.17) is 4.74 Å². The number of ether oxygens (including phenoxy) is 1. The summed E-state index contributed by atoms with van der Waals surface area (Å²) in [6.45, 7) is 4.32. The molecule has 1 heterocycles. The summed E-state index contributed by atoms with van der Waals surface area (Å²) >= 11 is 0. The second-order valence-corrected chi connectivity index (χ2v) is 10.1. The van der Waals surface area contributed by atoms with Gasteiger partial charge in [0.1, 0.15) is 5.75 Å². The Labute approximate surface area is 195 Å². The van der Waals surface area contributed by atoms with E-state index in [-0.39, 0.29) is 12.6 Å². The van der Waals surface area contributed by atoms with Crippen molar-refractivity contribution in [1.29, 1.82) is 0 Å². The molecular formula is C24H31N3O5S. The smallest absolute Gasteiger partial charge is 0.313 e. The Morgan fingerprint density at radius 2 is 1.88 bits per heavy atom. The summed E-state index contributed by atoms with van der Waals surface area (Å²) in [7, 11) is -2.13. The number of piperidine rings is 1. The van der Waals surface area contributed by atoms with E-state index in [0.717, 1.165) is 24.8 Å². The van der Waals surface area contributed by atoms with E-state index in [1.54, 1.807) is 41.6 Å². The van der Waals surface area contributed by atoms with Crippen molar-refractivity contribution in [2.45, 2.75) is 50.5 Å². The van der Waals surface area contributed by atoms with Crippen LogP contribution in [0.5, 0.6) is 5.75 Å². The van der Waals surface area contributed by atoms with Crippen LogP contribution in [0.2, 0.25) is 0 Å². The first-order valence-corrected chi connectivity index (χ1v) is 12.5. The van der Waals surface area contributed by atoms with Crippen molar-refractivity contribution in [2.24, 2.45) is 0 Å². The number of rotatable bonds is 7. The van der Waals surface area contributed by atoms with E-state index < -0.39 is 21.8 Å². The second kappa shape index (κ2) is 10.8. The van der Waals surface area contributed by atoms with Crippen molar-refractivity contribution >= 4 is 27.5 Å². The van der Waals surface area contributed by atoms with Crippen LogP contribution in [-0.4, -0.2) is 50.8 Å². The SMILES string of the molecule is COc1cccc(NC(=O)C(=O)NCC[C@@H]2CCCCN2S(=O)(=O)c2cc(C)ccc2C)c1. The van der Waals surface area contributed by atoms with Crippen molar-refractivity contribution < 1.29 is 22.7 Å². The molecular weight excluding hydrogens is 442 g/mol. The Balaban J connectivity index is 1.60. The Bertz CT molecular complexity index is 1120. The number of anilines is 1. The van der Waals surface area contributed by atoms with Gasteiger partial charge in [-0.2, -0.15) is 4.31 Å². The molecule has 0 bridgehead atoms. The number of benzene rings is 2. The molecule has 0 aliphatic carbocycles. The maximum absolute atomic E-state index is 13.4. The number of nitrogens with zero attached hydrogens (tertiary/aromatic N) is 1. The topological polar surface area (TPSA) is 105 Å². The van der Waals surface area contributed by atoms with Crippen LogP contribution in [0.15, 0.2) is 47.4 Å². The lowest BCUT2D eigenvalue weighted by molar-refractivity contribution is -0.136. The lowest BCUT2D eigenvalue weighted by Crippen LogP contribution is -2.46. The Morgan fingerprint density at radius 1 is 1.09 bits per heavy atom. The van der Waals surface area contributed by atoms with Crippen molar-refractivity contribution in [3.63, 3.8) is 0 Å². The summed E-state index contributed by atoms with van der Waals surface area (Å²) in [5.74, 6) is -0.986. The minimum Gasteiger partial charge on any atom is -0.497 e. The van der Waals surface area contributed by atoms with Crippen molar-refractivity contribution in [1.82, 2.24) is 9.62 Å². The van der Waals surface area contributed by atoms with Crippen LogP contribution in [0.1, 0.15) is 36.8 Å². The molecule has 0 spiro atoms. The Kier molecular flexibility index (Phi) is 8.10. The predicted octanol–water partition coefficient (Wildman–Crippen LogP) is 3.00. The van der Waals surface area contributed by atoms with Crippen molar-refractivity contribution in [3.05, 3.63) is 53.6 Å². The van der Waals surface area contributed by atoms with E-state index in [2.05, 4.69) is 10.6 Å². The highest BCUT2D eigenvalue weighted by molar-refractivity contribution is 7.89. The molecule has 178 valence electrons. The third kappa shape index (κ3) is 6.11. The lowest BCUT2D eigenvalue weighted by atomic mass is 10.0. The number of amides is 2. The largest absolute Gasteiger partial charge is 0.497 e. The van der Waals surface area contributed by atoms with Gasteiger partial charge in [0.05, 0.1) is 12.0 Å². The van der Waals surface area contributed by atoms with E-state index >= 15 is 0 Å². The minimum atomic E-state index is -3.65. The Hall–Kier alpha value is -2.91. The predicted molar refractivity (Wildman–Crippen MR) is 127 cm³/mol. The highest BCUT2D eigenvalue weighted by Crippen LogP contribution is 2.29. The van der Waals surface area contributed by atoms with Gasteiger partial charge in [-0.05, 0) is 62.4 Å².